The third-order valence-electron chi connectivity index (χ3n) is 4.70. The van der Waals surface area contributed by atoms with Crippen LogP contribution in [0.3, 0.4) is 0 Å². The van der Waals surface area contributed by atoms with Crippen molar-refractivity contribution < 1.29 is 22.7 Å². The van der Waals surface area contributed by atoms with Gasteiger partial charge in [0.25, 0.3) is 0 Å². The average molecular weight is 382 g/mol. The predicted octanol–water partition coefficient (Wildman–Crippen LogP) is 1.70. The minimum atomic E-state index is -3.11. The number of methoxy groups -OCH3 is 1. The lowest BCUT2D eigenvalue weighted by Gasteiger charge is -2.34. The summed E-state index contributed by atoms with van der Waals surface area (Å²) >= 11 is 0. The first-order valence-corrected chi connectivity index (χ1v) is 10.4. The molecule has 1 aromatic rings. The van der Waals surface area contributed by atoms with E-state index < -0.39 is 21.2 Å². The molecule has 1 heterocycles. The first-order valence-electron chi connectivity index (χ1n) is 8.57. The summed E-state index contributed by atoms with van der Waals surface area (Å²) in [5.74, 6) is -0.0964. The molecule has 1 saturated heterocycles. The minimum Gasteiger partial charge on any atom is -0.497 e. The fraction of sp³-hybridized carbons (Fsp3) is 0.556. The summed E-state index contributed by atoms with van der Waals surface area (Å²) in [6.45, 7) is 5.26. The van der Waals surface area contributed by atoms with Crippen LogP contribution in [0.15, 0.2) is 24.3 Å². The SMILES string of the molecule is CCN(C(=O)C(C)(C)C(=O)Nc1ccc(OC)cc1)C1CCS(=O)(=O)C1. The molecule has 2 rings (SSSR count). The lowest BCUT2D eigenvalue weighted by Crippen LogP contribution is -2.51. The van der Waals surface area contributed by atoms with Crippen molar-refractivity contribution in [1.82, 2.24) is 4.90 Å². The molecule has 1 aliphatic heterocycles. The fourth-order valence-corrected chi connectivity index (χ4v) is 4.74. The van der Waals surface area contributed by atoms with E-state index in [2.05, 4.69) is 5.32 Å². The Bertz CT molecular complexity index is 771. The Kier molecular flexibility index (Phi) is 5.95. The molecule has 2 amide bonds. The Morgan fingerprint density at radius 1 is 1.27 bits per heavy atom. The summed E-state index contributed by atoms with van der Waals surface area (Å²) < 4.78 is 28.5. The monoisotopic (exact) mass is 382 g/mol. The Morgan fingerprint density at radius 2 is 1.88 bits per heavy atom. The largest absolute Gasteiger partial charge is 0.497 e. The molecule has 0 radical (unpaired) electrons. The first kappa shape index (κ1) is 20.2. The van der Waals surface area contributed by atoms with Crippen LogP contribution in [-0.4, -0.2) is 56.3 Å². The molecular formula is C18H26N2O5S. The van der Waals surface area contributed by atoms with Crippen LogP contribution >= 0.6 is 0 Å². The molecule has 1 aliphatic rings. The molecule has 0 saturated carbocycles. The van der Waals surface area contributed by atoms with Crippen LogP contribution in [-0.2, 0) is 19.4 Å². The number of hydrogen-bond donors (Lipinski definition) is 1. The van der Waals surface area contributed by atoms with Gasteiger partial charge in [0.1, 0.15) is 11.2 Å². The second-order valence-electron chi connectivity index (χ2n) is 6.96. The number of carbonyl (C=O) groups is 2. The predicted molar refractivity (Wildman–Crippen MR) is 99.9 cm³/mol. The topological polar surface area (TPSA) is 92.8 Å². The average Bonchev–Trinajstić information content (AvgIpc) is 2.95. The van der Waals surface area contributed by atoms with Gasteiger partial charge in [-0.15, -0.1) is 0 Å². The number of nitrogens with zero attached hydrogens (tertiary/aromatic N) is 1. The van der Waals surface area contributed by atoms with Gasteiger partial charge in [0, 0.05) is 18.3 Å². The van der Waals surface area contributed by atoms with Crippen molar-refractivity contribution in [3.05, 3.63) is 24.3 Å². The quantitative estimate of drug-likeness (QED) is 0.756. The number of anilines is 1. The highest BCUT2D eigenvalue weighted by Gasteiger charge is 2.43. The summed E-state index contributed by atoms with van der Waals surface area (Å²) in [5.41, 5.74) is -0.759. The van der Waals surface area contributed by atoms with Crippen LogP contribution in [0.25, 0.3) is 0 Å². The van der Waals surface area contributed by atoms with Crippen LogP contribution in [0.1, 0.15) is 27.2 Å². The highest BCUT2D eigenvalue weighted by atomic mass is 32.2. The maximum atomic E-state index is 13.0. The van der Waals surface area contributed by atoms with Gasteiger partial charge >= 0.3 is 0 Å². The number of ether oxygens (including phenoxy) is 1. The standard InChI is InChI=1S/C18H26N2O5S/c1-5-20(14-10-11-26(23,24)12-14)17(22)18(2,3)16(21)19-13-6-8-15(25-4)9-7-13/h6-9,14H,5,10-12H2,1-4H3,(H,19,21). The maximum absolute atomic E-state index is 13.0. The molecule has 1 N–H and O–H groups in total. The molecular weight excluding hydrogens is 356 g/mol. The highest BCUT2D eigenvalue weighted by Crippen LogP contribution is 2.27. The number of carbonyl (C=O) groups excluding carboxylic acids is 2. The molecule has 144 valence electrons. The molecule has 7 nitrogen and oxygen atoms in total. The third-order valence-corrected chi connectivity index (χ3v) is 6.45. The number of rotatable bonds is 6. The van der Waals surface area contributed by atoms with Crippen molar-refractivity contribution in [1.29, 1.82) is 0 Å². The molecule has 8 heteroatoms. The van der Waals surface area contributed by atoms with Gasteiger partial charge in [0.05, 0.1) is 18.6 Å². The van der Waals surface area contributed by atoms with Gasteiger partial charge in [-0.2, -0.15) is 0 Å². The van der Waals surface area contributed by atoms with E-state index in [1.165, 1.54) is 4.90 Å². The lowest BCUT2D eigenvalue weighted by atomic mass is 9.89. The van der Waals surface area contributed by atoms with Crippen LogP contribution in [0.2, 0.25) is 0 Å². The van der Waals surface area contributed by atoms with Crippen molar-refractivity contribution in [3.63, 3.8) is 0 Å². The second kappa shape index (κ2) is 7.65. The van der Waals surface area contributed by atoms with E-state index in [4.69, 9.17) is 4.74 Å². The Morgan fingerprint density at radius 3 is 2.35 bits per heavy atom. The van der Waals surface area contributed by atoms with Crippen LogP contribution < -0.4 is 10.1 Å². The number of hydrogen-bond acceptors (Lipinski definition) is 5. The van der Waals surface area contributed by atoms with Gasteiger partial charge in [0.15, 0.2) is 9.84 Å². The van der Waals surface area contributed by atoms with E-state index >= 15 is 0 Å². The van der Waals surface area contributed by atoms with Gasteiger partial charge in [-0.1, -0.05) is 0 Å². The number of nitrogens with one attached hydrogen (secondary N) is 1. The van der Waals surface area contributed by atoms with Gasteiger partial charge in [-0.25, -0.2) is 8.42 Å². The highest BCUT2D eigenvalue weighted by molar-refractivity contribution is 7.91. The number of benzene rings is 1. The summed E-state index contributed by atoms with van der Waals surface area (Å²) in [6.07, 6.45) is 0.415. The van der Waals surface area contributed by atoms with E-state index in [0.29, 0.717) is 24.4 Å². The maximum Gasteiger partial charge on any atom is 0.239 e. The molecule has 0 aliphatic carbocycles. The lowest BCUT2D eigenvalue weighted by molar-refractivity contribution is -0.147. The third kappa shape index (κ3) is 4.35. The van der Waals surface area contributed by atoms with Crippen molar-refractivity contribution in [2.24, 2.45) is 5.41 Å². The molecule has 1 fully saturated rings. The van der Waals surface area contributed by atoms with E-state index in [9.17, 15) is 18.0 Å². The summed E-state index contributed by atoms with van der Waals surface area (Å²) in [7, 11) is -1.56. The van der Waals surface area contributed by atoms with E-state index in [-0.39, 0.29) is 23.5 Å². The second-order valence-corrected chi connectivity index (χ2v) is 9.18. The fourth-order valence-electron chi connectivity index (χ4n) is 3.01. The first-order chi connectivity index (χ1) is 12.1. The van der Waals surface area contributed by atoms with Crippen LogP contribution in [0.5, 0.6) is 5.75 Å². The number of sulfone groups is 1. The van der Waals surface area contributed by atoms with Crippen LogP contribution in [0, 0.1) is 5.41 Å². The molecule has 26 heavy (non-hydrogen) atoms. The smallest absolute Gasteiger partial charge is 0.239 e. The van der Waals surface area contributed by atoms with Crippen molar-refractivity contribution in [2.45, 2.75) is 33.2 Å². The summed E-state index contributed by atoms with van der Waals surface area (Å²) in [4.78, 5) is 27.2. The zero-order valence-electron chi connectivity index (χ0n) is 15.6. The van der Waals surface area contributed by atoms with Gasteiger partial charge in [-0.3, -0.25) is 9.59 Å². The molecule has 1 atom stereocenters. The molecule has 1 aromatic carbocycles. The molecule has 0 spiro atoms. The molecule has 0 aromatic heterocycles. The van der Waals surface area contributed by atoms with Gasteiger partial charge < -0.3 is 15.0 Å². The van der Waals surface area contributed by atoms with Crippen molar-refractivity contribution in [3.8, 4) is 5.75 Å². The van der Waals surface area contributed by atoms with Crippen LogP contribution in [0.4, 0.5) is 5.69 Å². The van der Waals surface area contributed by atoms with E-state index in [1.54, 1.807) is 52.1 Å². The Labute approximate surface area is 154 Å². The summed E-state index contributed by atoms with van der Waals surface area (Å²) in [6, 6.07) is 6.44. The minimum absolute atomic E-state index is 0.0389. The van der Waals surface area contributed by atoms with Crippen molar-refractivity contribution >= 4 is 27.3 Å². The van der Waals surface area contributed by atoms with E-state index in [1.807, 2.05) is 0 Å². The Balaban J connectivity index is 2.12. The van der Waals surface area contributed by atoms with Crippen molar-refractivity contribution in [2.75, 3.05) is 30.5 Å². The molecule has 1 unspecified atom stereocenters. The zero-order valence-corrected chi connectivity index (χ0v) is 16.4. The van der Waals surface area contributed by atoms with Gasteiger partial charge in [-0.05, 0) is 51.5 Å². The van der Waals surface area contributed by atoms with Gasteiger partial charge in [0.2, 0.25) is 11.8 Å². The van der Waals surface area contributed by atoms with E-state index in [0.717, 1.165) is 0 Å². The summed E-state index contributed by atoms with van der Waals surface area (Å²) in [5, 5.41) is 2.74. The normalized spacial score (nSPS) is 19.0. The Hall–Kier alpha value is -2.09. The zero-order chi connectivity index (χ0) is 19.5. The molecule has 0 bridgehead atoms. The number of amides is 2.